The van der Waals surface area contributed by atoms with Crippen molar-refractivity contribution >= 4 is 12.4 Å². The summed E-state index contributed by atoms with van der Waals surface area (Å²) in [5, 5.41) is 9.87. The zero-order chi connectivity index (χ0) is 12.1. The molecule has 0 amide bonds. The molecule has 0 spiro atoms. The van der Waals surface area contributed by atoms with Crippen molar-refractivity contribution in [1.82, 2.24) is 0 Å². The number of benzene rings is 1. The predicted molar refractivity (Wildman–Crippen MR) is 72.8 cm³/mol. The monoisotopic (exact) mass is 259 g/mol. The van der Waals surface area contributed by atoms with Crippen molar-refractivity contribution in [3.8, 4) is 5.75 Å². The molecule has 3 N–H and O–H groups in total. The van der Waals surface area contributed by atoms with E-state index in [0.717, 1.165) is 29.7 Å². The summed E-state index contributed by atoms with van der Waals surface area (Å²) in [6.07, 6.45) is 1.19. The minimum atomic E-state index is -0.475. The molecule has 3 nitrogen and oxygen atoms in total. The fraction of sp³-hybridized carbons (Fsp3) is 0.538. The van der Waals surface area contributed by atoms with Gasteiger partial charge < -0.3 is 15.6 Å². The Morgan fingerprint density at radius 1 is 1.41 bits per heavy atom. The average Bonchev–Trinajstić information content (AvgIpc) is 2.28. The second kappa shape index (κ2) is 7.54. The van der Waals surface area contributed by atoms with Crippen LogP contribution in [0.1, 0.15) is 36.9 Å². The van der Waals surface area contributed by atoms with E-state index >= 15 is 0 Å². The molecule has 0 radical (unpaired) electrons. The van der Waals surface area contributed by atoms with Crippen molar-refractivity contribution < 1.29 is 9.84 Å². The maximum absolute atomic E-state index is 9.87. The fourth-order valence-electron chi connectivity index (χ4n) is 1.83. The number of halogens is 1. The van der Waals surface area contributed by atoms with E-state index in [9.17, 15) is 5.11 Å². The number of aryl methyl sites for hydroxylation is 1. The van der Waals surface area contributed by atoms with E-state index in [1.807, 2.05) is 32.0 Å². The van der Waals surface area contributed by atoms with E-state index in [1.165, 1.54) is 0 Å². The van der Waals surface area contributed by atoms with Crippen LogP contribution in [0.3, 0.4) is 0 Å². The Morgan fingerprint density at radius 2 is 2.06 bits per heavy atom. The van der Waals surface area contributed by atoms with Gasteiger partial charge in [-0.15, -0.1) is 12.4 Å². The third-order valence-corrected chi connectivity index (χ3v) is 2.84. The molecule has 0 bridgehead atoms. The third kappa shape index (κ3) is 4.19. The minimum Gasteiger partial charge on any atom is -0.497 e. The normalized spacial score (nSPS) is 13.7. The van der Waals surface area contributed by atoms with E-state index in [4.69, 9.17) is 10.5 Å². The fourth-order valence-corrected chi connectivity index (χ4v) is 1.83. The van der Waals surface area contributed by atoms with Gasteiger partial charge in [-0.3, -0.25) is 0 Å². The Labute approximate surface area is 109 Å². The molecule has 0 aliphatic rings. The maximum atomic E-state index is 9.87. The molecule has 0 aromatic heterocycles. The van der Waals surface area contributed by atoms with Crippen molar-refractivity contribution in [1.29, 1.82) is 0 Å². The van der Waals surface area contributed by atoms with Gasteiger partial charge in [0.1, 0.15) is 5.75 Å². The lowest BCUT2D eigenvalue weighted by atomic mass is 9.95. The summed E-state index contributed by atoms with van der Waals surface area (Å²) >= 11 is 0. The summed E-state index contributed by atoms with van der Waals surface area (Å²) in [6.45, 7) is 4.02. The summed E-state index contributed by atoms with van der Waals surface area (Å²) in [5.41, 5.74) is 8.07. The number of aliphatic hydroxyl groups is 1. The second-order valence-electron chi connectivity index (χ2n) is 4.10. The molecule has 0 aliphatic heterocycles. The lowest BCUT2D eigenvalue weighted by molar-refractivity contribution is 0.134. The molecular formula is C13H22ClNO2. The second-order valence-corrected chi connectivity index (χ2v) is 4.10. The summed E-state index contributed by atoms with van der Waals surface area (Å²) in [4.78, 5) is 0. The molecule has 2 atom stereocenters. The van der Waals surface area contributed by atoms with E-state index in [2.05, 4.69) is 0 Å². The van der Waals surface area contributed by atoms with Crippen molar-refractivity contribution in [3.63, 3.8) is 0 Å². The highest BCUT2D eigenvalue weighted by atomic mass is 35.5. The first-order valence-corrected chi connectivity index (χ1v) is 5.68. The van der Waals surface area contributed by atoms with Gasteiger partial charge in [0.05, 0.1) is 19.3 Å². The molecule has 4 heteroatoms. The topological polar surface area (TPSA) is 55.5 Å². The molecular weight excluding hydrogens is 238 g/mol. The SMILES string of the molecule is CCC[C@H](O)[C@H](N)c1ccc(OC)cc1C.Cl. The van der Waals surface area contributed by atoms with Crippen LogP contribution in [0.25, 0.3) is 0 Å². The summed E-state index contributed by atoms with van der Waals surface area (Å²) in [5.74, 6) is 0.818. The Morgan fingerprint density at radius 3 is 2.53 bits per heavy atom. The van der Waals surface area contributed by atoms with Crippen LogP contribution < -0.4 is 10.5 Å². The zero-order valence-corrected chi connectivity index (χ0v) is 11.5. The minimum absolute atomic E-state index is 0. The number of hydrogen-bond donors (Lipinski definition) is 2. The van der Waals surface area contributed by atoms with Gasteiger partial charge in [-0.05, 0) is 36.6 Å². The van der Waals surface area contributed by atoms with Gasteiger partial charge in [0.25, 0.3) is 0 Å². The van der Waals surface area contributed by atoms with Crippen LogP contribution in [0.2, 0.25) is 0 Å². The van der Waals surface area contributed by atoms with Crippen molar-refractivity contribution in [2.75, 3.05) is 7.11 Å². The molecule has 1 aromatic rings. The largest absolute Gasteiger partial charge is 0.497 e. The predicted octanol–water partition coefficient (Wildman–Crippen LogP) is 2.59. The molecule has 0 heterocycles. The van der Waals surface area contributed by atoms with Crippen LogP contribution in [-0.4, -0.2) is 18.3 Å². The first-order valence-electron chi connectivity index (χ1n) is 5.68. The molecule has 0 fully saturated rings. The highest BCUT2D eigenvalue weighted by molar-refractivity contribution is 5.85. The number of hydrogen-bond acceptors (Lipinski definition) is 3. The molecule has 0 saturated carbocycles. The quantitative estimate of drug-likeness (QED) is 0.855. The Kier molecular flexibility index (Phi) is 7.19. The lowest BCUT2D eigenvalue weighted by Crippen LogP contribution is -2.26. The van der Waals surface area contributed by atoms with Gasteiger partial charge in [0.15, 0.2) is 0 Å². The number of aliphatic hydroxyl groups excluding tert-OH is 1. The van der Waals surface area contributed by atoms with E-state index < -0.39 is 6.10 Å². The van der Waals surface area contributed by atoms with Crippen molar-refractivity contribution in [2.24, 2.45) is 5.73 Å². The molecule has 0 saturated heterocycles. The van der Waals surface area contributed by atoms with Gasteiger partial charge in [0.2, 0.25) is 0 Å². The molecule has 1 rings (SSSR count). The van der Waals surface area contributed by atoms with Crippen LogP contribution in [0, 0.1) is 6.92 Å². The summed E-state index contributed by atoms with van der Waals surface area (Å²) in [7, 11) is 1.64. The average molecular weight is 260 g/mol. The molecule has 1 aromatic carbocycles. The highest BCUT2D eigenvalue weighted by Crippen LogP contribution is 2.24. The molecule has 17 heavy (non-hydrogen) atoms. The van der Waals surface area contributed by atoms with E-state index in [0.29, 0.717) is 0 Å². The van der Waals surface area contributed by atoms with Crippen molar-refractivity contribution in [3.05, 3.63) is 29.3 Å². The standard InChI is InChI=1S/C13H21NO2.ClH/c1-4-5-12(15)13(14)11-7-6-10(16-3)8-9(11)2;/h6-8,12-13,15H,4-5,14H2,1-3H3;1H/t12-,13+;/m0./s1. The van der Waals surface area contributed by atoms with Gasteiger partial charge in [-0.2, -0.15) is 0 Å². The van der Waals surface area contributed by atoms with Gasteiger partial charge >= 0.3 is 0 Å². The van der Waals surface area contributed by atoms with Crippen molar-refractivity contribution in [2.45, 2.75) is 38.8 Å². The van der Waals surface area contributed by atoms with Crippen LogP contribution in [-0.2, 0) is 0 Å². The number of methoxy groups -OCH3 is 1. The summed E-state index contributed by atoms with van der Waals surface area (Å²) < 4.78 is 5.13. The molecule has 0 unspecified atom stereocenters. The van der Waals surface area contributed by atoms with Gasteiger partial charge in [-0.1, -0.05) is 19.4 Å². The van der Waals surface area contributed by atoms with Crippen LogP contribution in [0.15, 0.2) is 18.2 Å². The summed E-state index contributed by atoms with van der Waals surface area (Å²) in [6, 6.07) is 5.43. The molecule has 98 valence electrons. The van der Waals surface area contributed by atoms with Gasteiger partial charge in [-0.25, -0.2) is 0 Å². The number of rotatable bonds is 5. The van der Waals surface area contributed by atoms with E-state index in [-0.39, 0.29) is 18.4 Å². The smallest absolute Gasteiger partial charge is 0.119 e. The number of ether oxygens (including phenoxy) is 1. The van der Waals surface area contributed by atoms with Crippen LogP contribution in [0.5, 0.6) is 5.75 Å². The first-order chi connectivity index (χ1) is 7.60. The van der Waals surface area contributed by atoms with Crippen LogP contribution >= 0.6 is 12.4 Å². The highest BCUT2D eigenvalue weighted by Gasteiger charge is 2.17. The first kappa shape index (κ1) is 16.2. The van der Waals surface area contributed by atoms with Gasteiger partial charge in [0, 0.05) is 0 Å². The van der Waals surface area contributed by atoms with E-state index in [1.54, 1.807) is 7.11 Å². The van der Waals surface area contributed by atoms with Crippen LogP contribution in [0.4, 0.5) is 0 Å². The number of nitrogens with two attached hydrogens (primary N) is 1. The Hall–Kier alpha value is -0.770. The Bertz CT molecular complexity index is 344. The molecule has 0 aliphatic carbocycles. The Balaban J connectivity index is 0.00000256. The third-order valence-electron chi connectivity index (χ3n) is 2.84. The lowest BCUT2D eigenvalue weighted by Gasteiger charge is -2.20. The maximum Gasteiger partial charge on any atom is 0.119 e. The zero-order valence-electron chi connectivity index (χ0n) is 10.6.